The van der Waals surface area contributed by atoms with Crippen molar-refractivity contribution in [1.82, 2.24) is 14.1 Å². The van der Waals surface area contributed by atoms with Gasteiger partial charge in [-0.05, 0) is 35.7 Å². The molecule has 0 aliphatic carbocycles. The molecule has 0 amide bonds. The molecule has 0 unspecified atom stereocenters. The number of rotatable bonds is 2. The molecule has 3 rings (SSSR count). The third kappa shape index (κ3) is 3.05. The van der Waals surface area contributed by atoms with E-state index in [2.05, 4.69) is 25.8 Å². The van der Waals surface area contributed by atoms with Crippen molar-refractivity contribution < 1.29 is 4.39 Å². The number of aryl methyl sites for hydroxylation is 1. The molecule has 1 aromatic carbocycles. The first-order chi connectivity index (χ1) is 11.7. The summed E-state index contributed by atoms with van der Waals surface area (Å²) in [6.07, 6.45) is 0. The highest BCUT2D eigenvalue weighted by atomic mass is 19.1. The number of nitriles is 1. The van der Waals surface area contributed by atoms with E-state index in [0.717, 1.165) is 5.52 Å². The predicted octanol–water partition coefficient (Wildman–Crippen LogP) is 3.46. The fourth-order valence-corrected chi connectivity index (χ4v) is 2.88. The summed E-state index contributed by atoms with van der Waals surface area (Å²) in [5.41, 5.74) is 2.39. The quantitative estimate of drug-likeness (QED) is 0.719. The standard InChI is InChI=1S/C19H19FN4O/c1-19(2,3)11-24-16-8-7-15(22-17(16)23(4)18(24)25)14-6-5-13(20)9-12(14)10-21/h5-9H,11H2,1-4H3. The van der Waals surface area contributed by atoms with Gasteiger partial charge < -0.3 is 0 Å². The van der Waals surface area contributed by atoms with Crippen molar-refractivity contribution in [2.45, 2.75) is 27.3 Å². The molecule has 3 aromatic rings. The summed E-state index contributed by atoms with van der Waals surface area (Å²) >= 11 is 0. The first-order valence-corrected chi connectivity index (χ1v) is 7.97. The molecule has 128 valence electrons. The third-order valence-corrected chi connectivity index (χ3v) is 3.99. The normalized spacial score (nSPS) is 11.7. The molecule has 2 aromatic heterocycles. The Morgan fingerprint density at radius 1 is 1.24 bits per heavy atom. The maximum atomic E-state index is 13.4. The van der Waals surface area contributed by atoms with Gasteiger partial charge in [-0.1, -0.05) is 20.8 Å². The molecule has 6 heteroatoms. The minimum absolute atomic E-state index is 0.0539. The summed E-state index contributed by atoms with van der Waals surface area (Å²) in [4.78, 5) is 17.1. The average Bonchev–Trinajstić information content (AvgIpc) is 2.78. The van der Waals surface area contributed by atoms with Crippen LogP contribution in [0.25, 0.3) is 22.4 Å². The predicted molar refractivity (Wildman–Crippen MR) is 94.5 cm³/mol. The van der Waals surface area contributed by atoms with Gasteiger partial charge in [0.25, 0.3) is 0 Å². The van der Waals surface area contributed by atoms with Gasteiger partial charge in [0, 0.05) is 19.2 Å². The fraction of sp³-hybridized carbons (Fsp3) is 0.316. The molecule has 5 nitrogen and oxygen atoms in total. The summed E-state index contributed by atoms with van der Waals surface area (Å²) < 4.78 is 16.6. The molecule has 0 bridgehead atoms. The lowest BCUT2D eigenvalue weighted by Crippen LogP contribution is -2.27. The Balaban J connectivity index is 2.22. The minimum atomic E-state index is -0.467. The van der Waals surface area contributed by atoms with Crippen LogP contribution >= 0.6 is 0 Å². The molecule has 0 atom stereocenters. The first-order valence-electron chi connectivity index (χ1n) is 7.97. The number of halogens is 1. The van der Waals surface area contributed by atoms with Crippen LogP contribution in [0.15, 0.2) is 35.1 Å². The van der Waals surface area contributed by atoms with Gasteiger partial charge in [-0.3, -0.25) is 9.13 Å². The van der Waals surface area contributed by atoms with E-state index in [4.69, 9.17) is 0 Å². The van der Waals surface area contributed by atoms with Gasteiger partial charge in [-0.15, -0.1) is 0 Å². The monoisotopic (exact) mass is 338 g/mol. The van der Waals surface area contributed by atoms with Gasteiger partial charge >= 0.3 is 5.69 Å². The van der Waals surface area contributed by atoms with Crippen LogP contribution in [-0.4, -0.2) is 14.1 Å². The van der Waals surface area contributed by atoms with E-state index >= 15 is 0 Å². The zero-order valence-electron chi connectivity index (χ0n) is 14.7. The number of benzene rings is 1. The largest absolute Gasteiger partial charge is 0.330 e. The average molecular weight is 338 g/mol. The molecular weight excluding hydrogens is 319 g/mol. The number of aromatic nitrogens is 3. The van der Waals surface area contributed by atoms with Crippen LogP contribution in [0.1, 0.15) is 26.3 Å². The lowest BCUT2D eigenvalue weighted by atomic mass is 9.97. The lowest BCUT2D eigenvalue weighted by Gasteiger charge is -2.18. The van der Waals surface area contributed by atoms with E-state index in [1.54, 1.807) is 17.7 Å². The minimum Gasteiger partial charge on any atom is -0.290 e. The Kier molecular flexibility index (Phi) is 3.96. The summed E-state index contributed by atoms with van der Waals surface area (Å²) in [7, 11) is 1.68. The molecule has 25 heavy (non-hydrogen) atoms. The maximum Gasteiger partial charge on any atom is 0.330 e. The van der Waals surface area contributed by atoms with Crippen molar-refractivity contribution in [3.63, 3.8) is 0 Å². The molecular formula is C19H19FN4O. The van der Waals surface area contributed by atoms with Crippen molar-refractivity contribution in [2.24, 2.45) is 12.5 Å². The van der Waals surface area contributed by atoms with Gasteiger partial charge in [-0.25, -0.2) is 14.2 Å². The van der Waals surface area contributed by atoms with Crippen molar-refractivity contribution >= 4 is 11.2 Å². The van der Waals surface area contributed by atoms with Gasteiger partial charge in [0.05, 0.1) is 22.8 Å². The smallest absolute Gasteiger partial charge is 0.290 e. The van der Waals surface area contributed by atoms with Gasteiger partial charge in [0.1, 0.15) is 5.82 Å². The highest BCUT2D eigenvalue weighted by Gasteiger charge is 2.19. The summed E-state index contributed by atoms with van der Waals surface area (Å²) in [6, 6.07) is 9.60. The Hall–Kier alpha value is -2.94. The van der Waals surface area contributed by atoms with Crippen LogP contribution in [0.3, 0.4) is 0 Å². The highest BCUT2D eigenvalue weighted by Crippen LogP contribution is 2.25. The number of hydrogen-bond acceptors (Lipinski definition) is 3. The maximum absolute atomic E-state index is 13.4. The number of pyridine rings is 1. The Labute approximate surface area is 145 Å². The first kappa shape index (κ1) is 16.9. The zero-order chi connectivity index (χ0) is 18.4. The Morgan fingerprint density at radius 2 is 1.96 bits per heavy atom. The highest BCUT2D eigenvalue weighted by molar-refractivity contribution is 5.78. The van der Waals surface area contributed by atoms with Crippen LogP contribution < -0.4 is 5.69 Å². The molecule has 0 radical (unpaired) electrons. The Morgan fingerprint density at radius 3 is 2.60 bits per heavy atom. The van der Waals surface area contributed by atoms with Gasteiger partial charge in [0.15, 0.2) is 5.65 Å². The van der Waals surface area contributed by atoms with Gasteiger partial charge in [-0.2, -0.15) is 5.26 Å². The molecule has 0 aliphatic heterocycles. The summed E-state index contributed by atoms with van der Waals surface area (Å²) in [6.45, 7) is 6.78. The van der Waals surface area contributed by atoms with E-state index in [1.807, 2.05) is 12.1 Å². The number of nitrogens with zero attached hydrogens (tertiary/aromatic N) is 4. The van der Waals surface area contributed by atoms with E-state index in [-0.39, 0.29) is 16.7 Å². The second-order valence-corrected chi connectivity index (χ2v) is 7.33. The molecule has 0 spiro atoms. The van der Waals surface area contributed by atoms with Crippen molar-refractivity contribution in [3.8, 4) is 17.3 Å². The van der Waals surface area contributed by atoms with Crippen LogP contribution in [-0.2, 0) is 13.6 Å². The number of imidazole rings is 1. The summed E-state index contributed by atoms with van der Waals surface area (Å²) in [5.74, 6) is -0.467. The second kappa shape index (κ2) is 5.85. The summed E-state index contributed by atoms with van der Waals surface area (Å²) in [5, 5.41) is 9.24. The van der Waals surface area contributed by atoms with Gasteiger partial charge in [0.2, 0.25) is 0 Å². The zero-order valence-corrected chi connectivity index (χ0v) is 14.7. The van der Waals surface area contributed by atoms with Crippen LogP contribution in [0.4, 0.5) is 4.39 Å². The number of hydrogen-bond donors (Lipinski definition) is 0. The van der Waals surface area contributed by atoms with Crippen LogP contribution in [0, 0.1) is 22.6 Å². The van der Waals surface area contributed by atoms with E-state index in [1.165, 1.54) is 22.8 Å². The fourth-order valence-electron chi connectivity index (χ4n) is 2.88. The van der Waals surface area contributed by atoms with Crippen LogP contribution in [0.5, 0.6) is 0 Å². The molecule has 0 aliphatic rings. The topological polar surface area (TPSA) is 63.6 Å². The lowest BCUT2D eigenvalue weighted by molar-refractivity contribution is 0.342. The van der Waals surface area contributed by atoms with Crippen molar-refractivity contribution in [2.75, 3.05) is 0 Å². The van der Waals surface area contributed by atoms with E-state index in [0.29, 0.717) is 23.4 Å². The second-order valence-electron chi connectivity index (χ2n) is 7.33. The Bertz CT molecular complexity index is 1060. The molecule has 0 fully saturated rings. The van der Waals surface area contributed by atoms with Crippen LogP contribution in [0.2, 0.25) is 0 Å². The third-order valence-electron chi connectivity index (χ3n) is 3.99. The molecule has 0 saturated heterocycles. The molecule has 2 heterocycles. The molecule has 0 N–H and O–H groups in total. The SMILES string of the molecule is Cn1c(=O)n(CC(C)(C)C)c2ccc(-c3ccc(F)cc3C#N)nc21. The van der Waals surface area contributed by atoms with Crippen molar-refractivity contribution in [1.29, 1.82) is 5.26 Å². The van der Waals surface area contributed by atoms with E-state index < -0.39 is 5.82 Å². The number of fused-ring (bicyclic) bond motifs is 1. The van der Waals surface area contributed by atoms with Crippen molar-refractivity contribution in [3.05, 3.63) is 52.2 Å². The van der Waals surface area contributed by atoms with E-state index in [9.17, 15) is 14.4 Å². The molecule has 0 saturated carbocycles.